The van der Waals surface area contributed by atoms with Gasteiger partial charge in [0.25, 0.3) is 0 Å². The summed E-state index contributed by atoms with van der Waals surface area (Å²) in [6.45, 7) is 6.45. The summed E-state index contributed by atoms with van der Waals surface area (Å²) in [5.41, 5.74) is 5.41. The van der Waals surface area contributed by atoms with Crippen molar-refractivity contribution >= 4 is 5.97 Å². The van der Waals surface area contributed by atoms with E-state index < -0.39 is 41.3 Å². The van der Waals surface area contributed by atoms with Gasteiger partial charge in [-0.05, 0) is 85.0 Å². The monoisotopic (exact) mass is 756 g/mol. The zero-order valence-corrected chi connectivity index (χ0v) is 32.4. The molecule has 5 aromatic rings. The summed E-state index contributed by atoms with van der Waals surface area (Å²) in [6.07, 6.45) is -0.200. The number of aryl methyl sites for hydroxylation is 2. The third kappa shape index (κ3) is 8.66. The summed E-state index contributed by atoms with van der Waals surface area (Å²) in [6, 6.07) is 44.6. The number of rotatable bonds is 17. The van der Waals surface area contributed by atoms with Gasteiger partial charge < -0.3 is 33.9 Å². The second-order valence-electron chi connectivity index (χ2n) is 15.6. The molecule has 0 saturated carbocycles. The molecule has 2 fully saturated rings. The molecule has 5 atom stereocenters. The first-order valence-corrected chi connectivity index (χ1v) is 19.5. The van der Waals surface area contributed by atoms with Crippen LogP contribution in [-0.2, 0) is 66.9 Å². The molecule has 5 aromatic carbocycles. The minimum absolute atomic E-state index is 0.0406. The molecular formula is C48H52O8. The molecule has 0 spiro atoms. The van der Waals surface area contributed by atoms with E-state index in [1.807, 2.05) is 97.1 Å². The fourth-order valence-electron chi connectivity index (χ4n) is 7.88. The zero-order valence-electron chi connectivity index (χ0n) is 32.4. The number of ether oxygens (including phenoxy) is 5. The maximum absolute atomic E-state index is 12.1. The highest BCUT2D eigenvalue weighted by Crippen LogP contribution is 2.56. The van der Waals surface area contributed by atoms with Gasteiger partial charge in [0.2, 0.25) is 5.79 Å². The summed E-state index contributed by atoms with van der Waals surface area (Å²) < 4.78 is 35.0. The lowest BCUT2D eigenvalue weighted by atomic mass is 9.74. The number of hydrogen-bond acceptors (Lipinski definition) is 7. The lowest BCUT2D eigenvalue weighted by Crippen LogP contribution is -2.72. The molecule has 2 aliphatic rings. The molecule has 292 valence electrons. The summed E-state index contributed by atoms with van der Waals surface area (Å²) >= 11 is 0. The SMILES string of the molecule is Cc1ccc([C@]23OC[C@](C(C)(C)O)(O2)[C@@H](OCc2ccccc2)[C@H](OCc2ccccc2)[C@H]3OCc2ccccc2)cc1Cc1ccc(CCCC(=O)O)cc1. The van der Waals surface area contributed by atoms with Gasteiger partial charge in [0, 0.05) is 12.0 Å². The van der Waals surface area contributed by atoms with Crippen molar-refractivity contribution in [3.63, 3.8) is 0 Å². The average molecular weight is 757 g/mol. The summed E-state index contributed by atoms with van der Waals surface area (Å²) in [5.74, 6) is -2.24. The van der Waals surface area contributed by atoms with Crippen molar-refractivity contribution in [3.05, 3.63) is 178 Å². The molecule has 0 aliphatic carbocycles. The molecule has 2 heterocycles. The van der Waals surface area contributed by atoms with E-state index in [0.29, 0.717) is 12.8 Å². The topological polar surface area (TPSA) is 104 Å². The Kier molecular flexibility index (Phi) is 12.2. The van der Waals surface area contributed by atoms with Crippen LogP contribution in [-0.4, -0.2) is 52.3 Å². The van der Waals surface area contributed by atoms with Crippen LogP contribution in [0, 0.1) is 6.92 Å². The van der Waals surface area contributed by atoms with E-state index in [1.54, 1.807) is 13.8 Å². The highest BCUT2D eigenvalue weighted by atomic mass is 16.8. The predicted octanol–water partition coefficient (Wildman–Crippen LogP) is 8.47. The van der Waals surface area contributed by atoms with Crippen molar-refractivity contribution in [2.24, 2.45) is 0 Å². The van der Waals surface area contributed by atoms with Crippen molar-refractivity contribution in [1.82, 2.24) is 0 Å². The number of hydrogen-bond donors (Lipinski definition) is 2. The highest BCUT2D eigenvalue weighted by molar-refractivity contribution is 5.66. The first-order valence-electron chi connectivity index (χ1n) is 19.5. The van der Waals surface area contributed by atoms with Crippen molar-refractivity contribution in [2.75, 3.05) is 6.61 Å². The molecule has 2 saturated heterocycles. The molecule has 0 amide bonds. The molecule has 8 heteroatoms. The maximum Gasteiger partial charge on any atom is 0.303 e. The van der Waals surface area contributed by atoms with Crippen LogP contribution in [0.3, 0.4) is 0 Å². The van der Waals surface area contributed by atoms with E-state index in [2.05, 4.69) is 43.3 Å². The van der Waals surface area contributed by atoms with Gasteiger partial charge >= 0.3 is 5.97 Å². The van der Waals surface area contributed by atoms with E-state index in [4.69, 9.17) is 28.8 Å². The van der Waals surface area contributed by atoms with E-state index in [1.165, 1.54) is 0 Å². The van der Waals surface area contributed by atoms with Crippen LogP contribution in [0.4, 0.5) is 0 Å². The Morgan fingerprint density at radius 3 is 1.80 bits per heavy atom. The van der Waals surface area contributed by atoms with Gasteiger partial charge in [-0.15, -0.1) is 0 Å². The number of aliphatic carboxylic acids is 1. The number of benzene rings is 5. The highest BCUT2D eigenvalue weighted by Gasteiger charge is 2.73. The van der Waals surface area contributed by atoms with E-state index >= 15 is 0 Å². The molecule has 8 nitrogen and oxygen atoms in total. The molecule has 2 bridgehead atoms. The van der Waals surface area contributed by atoms with Crippen LogP contribution in [0.5, 0.6) is 0 Å². The quantitative estimate of drug-likeness (QED) is 0.0975. The van der Waals surface area contributed by atoms with Gasteiger partial charge in [-0.25, -0.2) is 0 Å². The lowest BCUT2D eigenvalue weighted by molar-refractivity contribution is -0.369. The normalized spacial score (nSPS) is 23.2. The summed E-state index contributed by atoms with van der Waals surface area (Å²) in [4.78, 5) is 11.0. The van der Waals surface area contributed by atoms with Crippen LogP contribution in [0.2, 0.25) is 0 Å². The molecule has 0 unspecified atom stereocenters. The van der Waals surface area contributed by atoms with Crippen molar-refractivity contribution in [1.29, 1.82) is 0 Å². The van der Waals surface area contributed by atoms with Crippen LogP contribution in [0.25, 0.3) is 0 Å². The van der Waals surface area contributed by atoms with Crippen molar-refractivity contribution < 1.29 is 38.7 Å². The number of fused-ring (bicyclic) bond motifs is 2. The van der Waals surface area contributed by atoms with Gasteiger partial charge in [0.05, 0.1) is 32.0 Å². The fraction of sp³-hybridized carbons (Fsp3) is 0.354. The first-order chi connectivity index (χ1) is 27.1. The summed E-state index contributed by atoms with van der Waals surface area (Å²) in [7, 11) is 0. The standard InChI is InChI=1S/C48H52O8/c1-34-22-27-41(29-40(34)28-36-25-23-35(24-26-36)20-13-21-42(49)50)48-45(54-32-39-18-11-6-12-19-39)43(52-30-37-14-7-4-8-15-37)44(53-31-38-16-9-5-10-17-38)47(56-48,33-55-48)46(2,3)51/h4-12,14-19,22-27,29,43-45,51H,13,20-21,28,30-33H2,1-3H3,(H,49,50)/t43-,44-,45+,47-,48-/m0/s1. The zero-order chi connectivity index (χ0) is 39.2. The Hall–Kier alpha value is -4.67. The third-order valence-electron chi connectivity index (χ3n) is 11.2. The predicted molar refractivity (Wildman–Crippen MR) is 214 cm³/mol. The van der Waals surface area contributed by atoms with E-state index in [0.717, 1.165) is 50.9 Å². The second-order valence-corrected chi connectivity index (χ2v) is 15.6. The Balaban J connectivity index is 1.28. The van der Waals surface area contributed by atoms with Crippen LogP contribution >= 0.6 is 0 Å². The molecule has 2 aliphatic heterocycles. The number of carboxylic acids is 1. The maximum atomic E-state index is 12.1. The first kappa shape index (κ1) is 39.6. The molecule has 7 rings (SSSR count). The number of aliphatic hydroxyl groups is 1. The molecule has 0 radical (unpaired) electrons. The number of carboxylic acid groups (broad SMARTS) is 1. The minimum atomic E-state index is -1.46. The molecule has 2 N–H and O–H groups in total. The summed E-state index contributed by atoms with van der Waals surface area (Å²) in [5, 5.41) is 21.2. The Morgan fingerprint density at radius 1 is 0.714 bits per heavy atom. The lowest BCUT2D eigenvalue weighted by Gasteiger charge is -2.54. The van der Waals surface area contributed by atoms with Crippen LogP contribution in [0.15, 0.2) is 133 Å². The Bertz CT molecular complexity index is 2030. The molecule has 56 heavy (non-hydrogen) atoms. The Labute approximate surface area is 330 Å². The number of carbonyl (C=O) groups is 1. The van der Waals surface area contributed by atoms with Gasteiger partial charge in [0.15, 0.2) is 5.60 Å². The van der Waals surface area contributed by atoms with E-state index in [-0.39, 0.29) is 32.8 Å². The average Bonchev–Trinajstić information content (AvgIpc) is 3.58. The van der Waals surface area contributed by atoms with Gasteiger partial charge in [0.1, 0.15) is 18.3 Å². The van der Waals surface area contributed by atoms with Gasteiger partial charge in [-0.1, -0.05) is 127 Å². The third-order valence-corrected chi connectivity index (χ3v) is 11.2. The fourth-order valence-corrected chi connectivity index (χ4v) is 7.88. The van der Waals surface area contributed by atoms with Crippen molar-refractivity contribution in [3.8, 4) is 0 Å². The second kappa shape index (κ2) is 17.2. The molecule has 0 aromatic heterocycles. The van der Waals surface area contributed by atoms with Crippen LogP contribution < -0.4 is 0 Å². The van der Waals surface area contributed by atoms with Gasteiger partial charge in [-0.3, -0.25) is 4.79 Å². The van der Waals surface area contributed by atoms with Crippen LogP contribution in [0.1, 0.15) is 71.2 Å². The van der Waals surface area contributed by atoms with Crippen molar-refractivity contribution in [2.45, 2.75) is 102 Å². The smallest absolute Gasteiger partial charge is 0.303 e. The van der Waals surface area contributed by atoms with E-state index in [9.17, 15) is 9.90 Å². The Morgan fingerprint density at radius 2 is 1.25 bits per heavy atom. The minimum Gasteiger partial charge on any atom is -0.481 e. The van der Waals surface area contributed by atoms with Gasteiger partial charge in [-0.2, -0.15) is 0 Å². The largest absolute Gasteiger partial charge is 0.481 e. The molecular weight excluding hydrogens is 705 g/mol.